The second kappa shape index (κ2) is 6.35. The molecule has 0 radical (unpaired) electrons. The summed E-state index contributed by atoms with van der Waals surface area (Å²) in [5.41, 5.74) is 0.420. The summed E-state index contributed by atoms with van der Waals surface area (Å²) >= 11 is 1.37. The van der Waals surface area contributed by atoms with Crippen LogP contribution in [0.2, 0.25) is 0 Å². The Bertz CT molecular complexity index is 760. The fourth-order valence-corrected chi connectivity index (χ4v) is 3.15. The molecule has 0 spiro atoms. The molecule has 3 rings (SSSR count). The molecular weight excluding hydrogens is 328 g/mol. The quantitative estimate of drug-likeness (QED) is 0.834. The zero-order chi connectivity index (χ0) is 17.3. The third-order valence-corrected chi connectivity index (χ3v) is 5.00. The first-order valence-electron chi connectivity index (χ1n) is 7.59. The molecule has 1 aliphatic heterocycles. The van der Waals surface area contributed by atoms with Crippen LogP contribution in [0.1, 0.15) is 26.3 Å². The molecule has 1 atom stereocenters. The predicted octanol–water partition coefficient (Wildman–Crippen LogP) is 2.08. The number of rotatable bonds is 5. The van der Waals surface area contributed by atoms with E-state index in [1.54, 1.807) is 10.9 Å². The van der Waals surface area contributed by atoms with Crippen LogP contribution in [0.15, 0.2) is 29.7 Å². The van der Waals surface area contributed by atoms with Gasteiger partial charge in [0, 0.05) is 7.05 Å². The number of aromatic nitrogens is 3. The maximum atomic E-state index is 12.6. The van der Waals surface area contributed by atoms with E-state index in [0.717, 1.165) is 11.3 Å². The summed E-state index contributed by atoms with van der Waals surface area (Å²) in [6.45, 7) is 6.01. The van der Waals surface area contributed by atoms with E-state index in [1.807, 2.05) is 46.0 Å². The number of amides is 1. The number of hydrogen-bond acceptors (Lipinski definition) is 6. The van der Waals surface area contributed by atoms with Gasteiger partial charge in [-0.15, -0.1) is 10.2 Å². The maximum Gasteiger partial charge on any atom is 0.233 e. The molecular formula is C16H20N4O3S. The zero-order valence-corrected chi connectivity index (χ0v) is 14.9. The van der Waals surface area contributed by atoms with Crippen molar-refractivity contribution in [3.63, 3.8) is 0 Å². The third kappa shape index (κ3) is 3.33. The lowest BCUT2D eigenvalue weighted by Gasteiger charge is -2.28. The Kier molecular flexibility index (Phi) is 4.40. The smallest absolute Gasteiger partial charge is 0.233 e. The molecule has 0 bridgehead atoms. The van der Waals surface area contributed by atoms with Crippen molar-refractivity contribution in [2.45, 2.75) is 36.7 Å². The molecule has 8 heteroatoms. The van der Waals surface area contributed by atoms with E-state index < -0.39 is 5.54 Å². The monoisotopic (exact) mass is 348 g/mol. The average molecular weight is 348 g/mol. The average Bonchev–Trinajstić information content (AvgIpc) is 3.15. The molecule has 24 heavy (non-hydrogen) atoms. The van der Waals surface area contributed by atoms with Crippen LogP contribution >= 0.6 is 11.8 Å². The minimum Gasteiger partial charge on any atom is -0.454 e. The van der Waals surface area contributed by atoms with Crippen molar-refractivity contribution >= 4 is 17.7 Å². The minimum atomic E-state index is -0.535. The summed E-state index contributed by atoms with van der Waals surface area (Å²) in [6, 6.07) is 5.71. The predicted molar refractivity (Wildman–Crippen MR) is 90.1 cm³/mol. The summed E-state index contributed by atoms with van der Waals surface area (Å²) in [5, 5.41) is 11.3. The van der Waals surface area contributed by atoms with Crippen LogP contribution in [-0.4, -0.2) is 32.7 Å². The van der Waals surface area contributed by atoms with Gasteiger partial charge < -0.3 is 19.4 Å². The highest BCUT2D eigenvalue weighted by molar-refractivity contribution is 8.00. The Labute approximate surface area is 144 Å². The van der Waals surface area contributed by atoms with Crippen LogP contribution in [0, 0.1) is 0 Å². The Morgan fingerprint density at radius 3 is 2.83 bits per heavy atom. The molecule has 0 fully saturated rings. The van der Waals surface area contributed by atoms with Crippen molar-refractivity contribution in [3.8, 4) is 11.5 Å². The van der Waals surface area contributed by atoms with E-state index >= 15 is 0 Å². The number of hydrogen-bond donors (Lipinski definition) is 1. The molecule has 1 aromatic carbocycles. The second-order valence-electron chi connectivity index (χ2n) is 6.17. The van der Waals surface area contributed by atoms with Crippen molar-refractivity contribution in [1.82, 2.24) is 20.1 Å². The van der Waals surface area contributed by atoms with Gasteiger partial charge in [0.15, 0.2) is 16.7 Å². The van der Waals surface area contributed by atoms with Crippen LogP contribution in [-0.2, 0) is 17.4 Å². The first kappa shape index (κ1) is 16.6. The maximum absolute atomic E-state index is 12.6. The number of fused-ring (bicyclic) bond motifs is 1. The summed E-state index contributed by atoms with van der Waals surface area (Å²) < 4.78 is 12.5. The highest BCUT2D eigenvalue weighted by atomic mass is 32.2. The van der Waals surface area contributed by atoms with Crippen LogP contribution in [0.25, 0.3) is 0 Å². The Balaban J connectivity index is 1.69. The highest BCUT2D eigenvalue weighted by Crippen LogP contribution is 2.35. The first-order chi connectivity index (χ1) is 11.4. The van der Waals surface area contributed by atoms with Gasteiger partial charge in [-0.05, 0) is 38.5 Å². The lowest BCUT2D eigenvalue weighted by molar-refractivity contribution is -0.122. The van der Waals surface area contributed by atoms with Crippen LogP contribution in [0.3, 0.4) is 0 Å². The summed E-state index contributed by atoms with van der Waals surface area (Å²) in [4.78, 5) is 12.6. The van der Waals surface area contributed by atoms with Crippen molar-refractivity contribution in [1.29, 1.82) is 0 Å². The molecule has 2 heterocycles. The zero-order valence-electron chi connectivity index (χ0n) is 14.1. The van der Waals surface area contributed by atoms with Crippen molar-refractivity contribution in [2.24, 2.45) is 7.05 Å². The van der Waals surface area contributed by atoms with Crippen LogP contribution in [0.5, 0.6) is 11.5 Å². The fraction of sp³-hybridized carbons (Fsp3) is 0.438. The lowest BCUT2D eigenvalue weighted by atomic mass is 9.93. The number of thioether (sulfide) groups is 1. The van der Waals surface area contributed by atoms with Gasteiger partial charge in [-0.1, -0.05) is 17.8 Å². The van der Waals surface area contributed by atoms with Gasteiger partial charge in [0.2, 0.25) is 12.7 Å². The van der Waals surface area contributed by atoms with E-state index in [9.17, 15) is 4.79 Å². The van der Waals surface area contributed by atoms with E-state index in [2.05, 4.69) is 15.5 Å². The number of benzene rings is 1. The second-order valence-corrected chi connectivity index (χ2v) is 7.47. The van der Waals surface area contributed by atoms with Crippen molar-refractivity contribution < 1.29 is 14.3 Å². The molecule has 2 aromatic rings. The van der Waals surface area contributed by atoms with E-state index in [-0.39, 0.29) is 18.0 Å². The molecule has 0 saturated carbocycles. The molecule has 1 N–H and O–H groups in total. The van der Waals surface area contributed by atoms with Gasteiger partial charge in [-0.3, -0.25) is 4.79 Å². The minimum absolute atomic E-state index is 0.0642. The summed E-state index contributed by atoms with van der Waals surface area (Å²) in [6.07, 6.45) is 1.61. The molecule has 1 aliphatic rings. The molecule has 128 valence electrons. The van der Waals surface area contributed by atoms with Gasteiger partial charge in [-0.25, -0.2) is 0 Å². The molecule has 0 saturated heterocycles. The first-order valence-corrected chi connectivity index (χ1v) is 8.47. The summed E-state index contributed by atoms with van der Waals surface area (Å²) in [5.74, 6) is 1.37. The number of aryl methyl sites for hydroxylation is 1. The molecule has 0 aliphatic carbocycles. The van der Waals surface area contributed by atoms with E-state index in [1.165, 1.54) is 11.8 Å². The van der Waals surface area contributed by atoms with Crippen LogP contribution in [0.4, 0.5) is 0 Å². The number of carbonyl (C=O) groups is 1. The Morgan fingerprint density at radius 2 is 2.12 bits per heavy atom. The van der Waals surface area contributed by atoms with Gasteiger partial charge >= 0.3 is 0 Å². The largest absolute Gasteiger partial charge is 0.454 e. The van der Waals surface area contributed by atoms with Gasteiger partial charge in [0.1, 0.15) is 6.33 Å². The number of nitrogens with one attached hydrogen (secondary N) is 1. The highest BCUT2D eigenvalue weighted by Gasteiger charge is 2.28. The molecule has 1 aromatic heterocycles. The molecule has 0 unspecified atom stereocenters. The number of ether oxygens (including phenoxy) is 2. The molecule has 7 nitrogen and oxygen atoms in total. The van der Waals surface area contributed by atoms with Crippen molar-refractivity contribution in [2.75, 3.05) is 6.79 Å². The Hall–Kier alpha value is -2.22. The molecule has 1 amide bonds. The standard InChI is InChI=1S/C16H20N4O3S/c1-10(24-15-19-17-8-20(15)4)14(21)18-16(2,3)11-5-6-12-13(7-11)23-9-22-12/h5-8,10H,9H2,1-4H3,(H,18,21)/t10-/m1/s1. The van der Waals surface area contributed by atoms with Crippen molar-refractivity contribution in [3.05, 3.63) is 30.1 Å². The normalized spacial score (nSPS) is 14.5. The van der Waals surface area contributed by atoms with Gasteiger partial charge in [0.25, 0.3) is 0 Å². The Morgan fingerprint density at radius 1 is 1.38 bits per heavy atom. The third-order valence-electron chi connectivity index (χ3n) is 3.85. The van der Waals surface area contributed by atoms with Gasteiger partial charge in [0.05, 0.1) is 10.8 Å². The summed E-state index contributed by atoms with van der Waals surface area (Å²) in [7, 11) is 1.85. The lowest BCUT2D eigenvalue weighted by Crippen LogP contribution is -2.44. The van der Waals surface area contributed by atoms with Gasteiger partial charge in [-0.2, -0.15) is 0 Å². The fourth-order valence-electron chi connectivity index (χ4n) is 2.36. The van der Waals surface area contributed by atoms with E-state index in [0.29, 0.717) is 10.9 Å². The topological polar surface area (TPSA) is 78.3 Å². The number of nitrogens with zero attached hydrogens (tertiary/aromatic N) is 3. The SMILES string of the molecule is C[C@@H](Sc1nncn1C)C(=O)NC(C)(C)c1ccc2c(c1)OCO2. The van der Waals surface area contributed by atoms with E-state index in [4.69, 9.17) is 9.47 Å². The van der Waals surface area contributed by atoms with Crippen LogP contribution < -0.4 is 14.8 Å². The number of carbonyl (C=O) groups excluding carboxylic acids is 1.